The molecule has 0 fully saturated rings. The van der Waals surface area contributed by atoms with Crippen LogP contribution in [0.5, 0.6) is 5.75 Å². The van der Waals surface area contributed by atoms with Crippen molar-refractivity contribution in [2.24, 2.45) is 0 Å². The summed E-state index contributed by atoms with van der Waals surface area (Å²) >= 11 is 0. The zero-order valence-corrected chi connectivity index (χ0v) is 16.0. The summed E-state index contributed by atoms with van der Waals surface area (Å²) in [6.07, 6.45) is 0.874. The lowest BCUT2D eigenvalue weighted by molar-refractivity contribution is -0.114. The lowest BCUT2D eigenvalue weighted by Gasteiger charge is -2.13. The van der Waals surface area contributed by atoms with Gasteiger partial charge >= 0.3 is 0 Å². The maximum atomic E-state index is 12.2. The van der Waals surface area contributed by atoms with Crippen molar-refractivity contribution in [1.29, 1.82) is 0 Å². The van der Waals surface area contributed by atoms with Crippen molar-refractivity contribution < 1.29 is 14.3 Å². The normalized spacial score (nSPS) is 11.4. The van der Waals surface area contributed by atoms with Gasteiger partial charge in [0.05, 0.1) is 18.8 Å². The third-order valence-electron chi connectivity index (χ3n) is 4.05. The Balaban J connectivity index is 1.88. The number of ether oxygens (including phenoxy) is 1. The van der Waals surface area contributed by atoms with E-state index in [-0.39, 0.29) is 24.4 Å². The van der Waals surface area contributed by atoms with Gasteiger partial charge in [0.2, 0.25) is 5.91 Å². The Morgan fingerprint density at radius 2 is 1.74 bits per heavy atom. The van der Waals surface area contributed by atoms with E-state index in [1.807, 2.05) is 45.0 Å². The van der Waals surface area contributed by atoms with E-state index in [0.717, 1.165) is 12.1 Å². The van der Waals surface area contributed by atoms with Gasteiger partial charge < -0.3 is 20.7 Å². The fourth-order valence-electron chi connectivity index (χ4n) is 2.39. The summed E-state index contributed by atoms with van der Waals surface area (Å²) in [6.45, 7) is 6.56. The van der Waals surface area contributed by atoms with Crippen molar-refractivity contribution in [3.8, 4) is 5.75 Å². The highest BCUT2D eigenvalue weighted by Gasteiger charge is 2.09. The minimum atomic E-state index is -0.182. The van der Waals surface area contributed by atoms with Crippen molar-refractivity contribution >= 4 is 23.2 Å². The van der Waals surface area contributed by atoms with E-state index in [4.69, 9.17) is 4.74 Å². The van der Waals surface area contributed by atoms with Crippen LogP contribution >= 0.6 is 0 Å². The molecule has 0 spiro atoms. The second-order valence-electron chi connectivity index (χ2n) is 6.19. The zero-order valence-electron chi connectivity index (χ0n) is 16.0. The first kappa shape index (κ1) is 20.3. The number of nitrogens with one attached hydrogen (secondary N) is 3. The summed E-state index contributed by atoms with van der Waals surface area (Å²) < 4.78 is 5.53. The minimum Gasteiger partial charge on any atom is -0.492 e. The Morgan fingerprint density at radius 3 is 2.41 bits per heavy atom. The first-order valence-electron chi connectivity index (χ1n) is 9.20. The summed E-state index contributed by atoms with van der Waals surface area (Å²) in [5, 5.41) is 8.79. The molecule has 0 aliphatic heterocycles. The second kappa shape index (κ2) is 10.2. The van der Waals surface area contributed by atoms with Gasteiger partial charge in [0.1, 0.15) is 5.75 Å². The van der Waals surface area contributed by atoms with Crippen LogP contribution in [0.2, 0.25) is 0 Å². The molecule has 0 aromatic heterocycles. The number of carbonyl (C=O) groups excluding carboxylic acids is 2. The van der Waals surface area contributed by atoms with Gasteiger partial charge in [-0.1, -0.05) is 19.1 Å². The van der Waals surface area contributed by atoms with E-state index in [9.17, 15) is 9.59 Å². The van der Waals surface area contributed by atoms with Crippen LogP contribution in [-0.2, 0) is 4.79 Å². The largest absolute Gasteiger partial charge is 0.492 e. The number of amides is 2. The predicted molar refractivity (Wildman–Crippen MR) is 108 cm³/mol. The Hall–Kier alpha value is -3.02. The molecule has 0 radical (unpaired) electrons. The monoisotopic (exact) mass is 369 g/mol. The van der Waals surface area contributed by atoms with Crippen molar-refractivity contribution in [3.63, 3.8) is 0 Å². The van der Waals surface area contributed by atoms with Gasteiger partial charge in [-0.05, 0) is 56.7 Å². The molecule has 0 saturated carbocycles. The van der Waals surface area contributed by atoms with Crippen LogP contribution in [0.25, 0.3) is 0 Å². The molecular formula is C21H27N3O3. The molecule has 0 saturated heterocycles. The number of hydrogen-bond donors (Lipinski definition) is 3. The third kappa shape index (κ3) is 6.33. The van der Waals surface area contributed by atoms with Crippen LogP contribution in [-0.4, -0.2) is 31.0 Å². The van der Waals surface area contributed by atoms with E-state index >= 15 is 0 Å². The first-order valence-corrected chi connectivity index (χ1v) is 9.20. The number of para-hydroxylation sites is 2. The van der Waals surface area contributed by atoms with E-state index in [0.29, 0.717) is 23.6 Å². The minimum absolute atomic E-state index is 0.111. The standard InChI is InChI=1S/C21H27N3O3/c1-4-15(3)23-21(26)16-10-12-17(13-11-16)24-20(25)14-22-18-8-6-7-9-19(18)27-5-2/h6-13,15,22H,4-5,14H2,1-3H3,(H,23,26)(H,24,25). The highest BCUT2D eigenvalue weighted by Crippen LogP contribution is 2.23. The molecule has 144 valence electrons. The van der Waals surface area contributed by atoms with E-state index in [2.05, 4.69) is 16.0 Å². The van der Waals surface area contributed by atoms with Crippen LogP contribution in [0.4, 0.5) is 11.4 Å². The van der Waals surface area contributed by atoms with Gasteiger partial charge in [0, 0.05) is 17.3 Å². The van der Waals surface area contributed by atoms with E-state index < -0.39 is 0 Å². The summed E-state index contributed by atoms with van der Waals surface area (Å²) in [6, 6.07) is 14.4. The van der Waals surface area contributed by atoms with Crippen LogP contribution < -0.4 is 20.7 Å². The van der Waals surface area contributed by atoms with E-state index in [1.54, 1.807) is 24.3 Å². The average molecular weight is 369 g/mol. The number of anilines is 2. The topological polar surface area (TPSA) is 79.5 Å². The van der Waals surface area contributed by atoms with Crippen molar-refractivity contribution in [2.75, 3.05) is 23.8 Å². The van der Waals surface area contributed by atoms with Gasteiger partial charge in [-0.2, -0.15) is 0 Å². The van der Waals surface area contributed by atoms with Crippen molar-refractivity contribution in [2.45, 2.75) is 33.2 Å². The molecule has 1 atom stereocenters. The first-order chi connectivity index (χ1) is 13.0. The Kier molecular flexibility index (Phi) is 7.67. The average Bonchev–Trinajstić information content (AvgIpc) is 2.68. The lowest BCUT2D eigenvalue weighted by atomic mass is 10.1. The van der Waals surface area contributed by atoms with Gasteiger partial charge in [-0.15, -0.1) is 0 Å². The smallest absolute Gasteiger partial charge is 0.251 e. The second-order valence-corrected chi connectivity index (χ2v) is 6.19. The predicted octanol–water partition coefficient (Wildman–Crippen LogP) is 3.66. The van der Waals surface area contributed by atoms with Crippen LogP contribution in [0, 0.1) is 0 Å². The summed E-state index contributed by atoms with van der Waals surface area (Å²) in [7, 11) is 0. The molecule has 0 aliphatic rings. The molecular weight excluding hydrogens is 342 g/mol. The molecule has 0 bridgehead atoms. The van der Waals surface area contributed by atoms with Crippen LogP contribution in [0.3, 0.4) is 0 Å². The van der Waals surface area contributed by atoms with Gasteiger partial charge in [0.15, 0.2) is 0 Å². The molecule has 3 N–H and O–H groups in total. The molecule has 2 aromatic carbocycles. The molecule has 0 aliphatic carbocycles. The van der Waals surface area contributed by atoms with E-state index in [1.165, 1.54) is 0 Å². The van der Waals surface area contributed by atoms with Crippen LogP contribution in [0.1, 0.15) is 37.6 Å². The quantitative estimate of drug-likeness (QED) is 0.630. The van der Waals surface area contributed by atoms with Gasteiger partial charge in [-0.3, -0.25) is 9.59 Å². The fraction of sp³-hybridized carbons (Fsp3) is 0.333. The van der Waals surface area contributed by atoms with Crippen molar-refractivity contribution in [1.82, 2.24) is 5.32 Å². The van der Waals surface area contributed by atoms with Crippen LogP contribution in [0.15, 0.2) is 48.5 Å². The molecule has 6 heteroatoms. The number of benzene rings is 2. The lowest BCUT2D eigenvalue weighted by Crippen LogP contribution is -2.31. The Bertz CT molecular complexity index is 760. The zero-order chi connectivity index (χ0) is 19.6. The highest BCUT2D eigenvalue weighted by atomic mass is 16.5. The SMILES string of the molecule is CCOc1ccccc1NCC(=O)Nc1ccc(C(=O)NC(C)CC)cc1. The maximum Gasteiger partial charge on any atom is 0.251 e. The van der Waals surface area contributed by atoms with Gasteiger partial charge in [0.25, 0.3) is 5.91 Å². The molecule has 2 aromatic rings. The van der Waals surface area contributed by atoms with Gasteiger partial charge in [-0.25, -0.2) is 0 Å². The molecule has 1 unspecified atom stereocenters. The molecule has 2 rings (SSSR count). The molecule has 27 heavy (non-hydrogen) atoms. The van der Waals surface area contributed by atoms with Crippen molar-refractivity contribution in [3.05, 3.63) is 54.1 Å². The molecule has 6 nitrogen and oxygen atoms in total. The summed E-state index contributed by atoms with van der Waals surface area (Å²) in [4.78, 5) is 24.2. The number of hydrogen-bond acceptors (Lipinski definition) is 4. The Morgan fingerprint density at radius 1 is 1.04 bits per heavy atom. The number of rotatable bonds is 9. The highest BCUT2D eigenvalue weighted by molar-refractivity contribution is 5.96. The number of carbonyl (C=O) groups is 2. The Labute approximate surface area is 160 Å². The fourth-order valence-corrected chi connectivity index (χ4v) is 2.39. The maximum absolute atomic E-state index is 12.2. The summed E-state index contributed by atoms with van der Waals surface area (Å²) in [5.41, 5.74) is 1.98. The summed E-state index contributed by atoms with van der Waals surface area (Å²) in [5.74, 6) is 0.416. The molecule has 2 amide bonds. The third-order valence-corrected chi connectivity index (χ3v) is 4.05. The molecule has 0 heterocycles.